The van der Waals surface area contributed by atoms with E-state index < -0.39 is 5.60 Å². The van der Waals surface area contributed by atoms with Crippen LogP contribution in [0, 0.1) is 6.92 Å². The summed E-state index contributed by atoms with van der Waals surface area (Å²) >= 11 is 0. The van der Waals surface area contributed by atoms with Crippen LogP contribution in [0.25, 0.3) is 0 Å². The van der Waals surface area contributed by atoms with Crippen molar-refractivity contribution in [2.45, 2.75) is 46.3 Å². The van der Waals surface area contributed by atoms with Gasteiger partial charge in [-0.1, -0.05) is 0 Å². The minimum absolute atomic E-state index is 0.273. The zero-order valence-corrected chi connectivity index (χ0v) is 11.9. The van der Waals surface area contributed by atoms with Crippen LogP contribution in [0.4, 0.5) is 4.79 Å². The van der Waals surface area contributed by atoms with Gasteiger partial charge in [0.05, 0.1) is 0 Å². The van der Waals surface area contributed by atoms with Gasteiger partial charge in [-0.2, -0.15) is 0 Å². The minimum Gasteiger partial charge on any atom is -0.444 e. The number of hydrogen-bond acceptors (Lipinski definition) is 3. The monoisotopic (exact) mass is 253 g/mol. The maximum absolute atomic E-state index is 11.7. The molecule has 1 rings (SSSR count). The molecule has 0 radical (unpaired) electrons. The summed E-state index contributed by atoms with van der Waals surface area (Å²) in [6.07, 6.45) is 4.34. The zero-order chi connectivity index (χ0) is 13.8. The molecule has 5 nitrogen and oxygen atoms in total. The molecule has 0 atom stereocenters. The van der Waals surface area contributed by atoms with Gasteiger partial charge in [-0.3, -0.25) is 0 Å². The SMILES string of the molecule is Cc1nccn1CCCN(C)C(=O)OC(C)(C)C. The van der Waals surface area contributed by atoms with Gasteiger partial charge in [0.25, 0.3) is 0 Å². The smallest absolute Gasteiger partial charge is 0.410 e. The largest absolute Gasteiger partial charge is 0.444 e. The predicted octanol–water partition coefficient (Wildman–Crippen LogP) is 2.45. The fraction of sp³-hybridized carbons (Fsp3) is 0.692. The number of hydrogen-bond donors (Lipinski definition) is 0. The molecule has 0 saturated heterocycles. The summed E-state index contributed by atoms with van der Waals surface area (Å²) in [5, 5.41) is 0. The van der Waals surface area contributed by atoms with Gasteiger partial charge in [-0.05, 0) is 34.1 Å². The molecule has 0 N–H and O–H groups in total. The third-order valence-electron chi connectivity index (χ3n) is 2.52. The first-order valence-electron chi connectivity index (χ1n) is 6.21. The minimum atomic E-state index is -0.438. The van der Waals surface area contributed by atoms with Crippen molar-refractivity contribution in [1.29, 1.82) is 0 Å². The van der Waals surface area contributed by atoms with E-state index in [9.17, 15) is 4.79 Å². The number of rotatable bonds is 4. The van der Waals surface area contributed by atoms with Crippen molar-refractivity contribution in [2.75, 3.05) is 13.6 Å². The van der Waals surface area contributed by atoms with Crippen LogP contribution in [0.1, 0.15) is 33.0 Å². The number of aryl methyl sites for hydroxylation is 2. The molecule has 0 aliphatic carbocycles. The number of aromatic nitrogens is 2. The van der Waals surface area contributed by atoms with E-state index in [1.165, 1.54) is 0 Å². The van der Waals surface area contributed by atoms with E-state index in [0.717, 1.165) is 18.8 Å². The van der Waals surface area contributed by atoms with E-state index in [1.54, 1.807) is 18.1 Å². The third kappa shape index (κ3) is 4.77. The van der Waals surface area contributed by atoms with Crippen molar-refractivity contribution in [3.63, 3.8) is 0 Å². The van der Waals surface area contributed by atoms with E-state index in [-0.39, 0.29) is 6.09 Å². The third-order valence-corrected chi connectivity index (χ3v) is 2.52. The van der Waals surface area contributed by atoms with Gasteiger partial charge >= 0.3 is 6.09 Å². The van der Waals surface area contributed by atoms with Gasteiger partial charge < -0.3 is 14.2 Å². The van der Waals surface area contributed by atoms with Crippen LogP contribution in [0.3, 0.4) is 0 Å². The number of amides is 1. The fourth-order valence-electron chi connectivity index (χ4n) is 1.55. The Morgan fingerprint density at radius 3 is 2.67 bits per heavy atom. The van der Waals surface area contributed by atoms with Crippen molar-refractivity contribution in [2.24, 2.45) is 0 Å². The second-order valence-electron chi connectivity index (χ2n) is 5.42. The van der Waals surface area contributed by atoms with Gasteiger partial charge in [0.2, 0.25) is 0 Å². The maximum atomic E-state index is 11.7. The first-order chi connectivity index (χ1) is 8.29. The van der Waals surface area contributed by atoms with Crippen molar-refractivity contribution in [1.82, 2.24) is 14.5 Å². The maximum Gasteiger partial charge on any atom is 0.410 e. The fourth-order valence-corrected chi connectivity index (χ4v) is 1.55. The Morgan fingerprint density at radius 1 is 1.50 bits per heavy atom. The molecule has 0 bridgehead atoms. The number of ether oxygens (including phenoxy) is 1. The van der Waals surface area contributed by atoms with Crippen molar-refractivity contribution >= 4 is 6.09 Å². The van der Waals surface area contributed by atoms with E-state index in [4.69, 9.17) is 4.74 Å². The van der Waals surface area contributed by atoms with E-state index >= 15 is 0 Å². The molecule has 1 amide bonds. The highest BCUT2D eigenvalue weighted by Gasteiger charge is 2.19. The lowest BCUT2D eigenvalue weighted by Gasteiger charge is -2.24. The van der Waals surface area contributed by atoms with Gasteiger partial charge in [0, 0.05) is 32.5 Å². The standard InChI is InChI=1S/C13H23N3O2/c1-11-14-7-10-16(11)9-6-8-15(5)12(17)18-13(2,3)4/h7,10H,6,8-9H2,1-5H3. The van der Waals surface area contributed by atoms with Gasteiger partial charge in [-0.25, -0.2) is 9.78 Å². The summed E-state index contributed by atoms with van der Waals surface area (Å²) < 4.78 is 7.35. The molecule has 0 unspecified atom stereocenters. The summed E-state index contributed by atoms with van der Waals surface area (Å²) in [5.41, 5.74) is -0.438. The number of nitrogens with zero attached hydrogens (tertiary/aromatic N) is 3. The number of carbonyl (C=O) groups is 1. The Hall–Kier alpha value is -1.52. The number of carbonyl (C=O) groups excluding carboxylic acids is 1. The van der Waals surface area contributed by atoms with E-state index in [1.807, 2.05) is 33.9 Å². The molecular weight excluding hydrogens is 230 g/mol. The molecule has 0 aliphatic rings. The molecule has 0 spiro atoms. The summed E-state index contributed by atoms with van der Waals surface area (Å²) in [5.74, 6) is 0.995. The van der Waals surface area contributed by atoms with Gasteiger partial charge in [-0.15, -0.1) is 0 Å². The molecule has 1 heterocycles. The van der Waals surface area contributed by atoms with Crippen LogP contribution in [0.5, 0.6) is 0 Å². The lowest BCUT2D eigenvalue weighted by Crippen LogP contribution is -2.35. The second-order valence-corrected chi connectivity index (χ2v) is 5.42. The Bertz CT molecular complexity index is 393. The van der Waals surface area contributed by atoms with Gasteiger partial charge in [0.15, 0.2) is 0 Å². The van der Waals surface area contributed by atoms with Crippen LogP contribution < -0.4 is 0 Å². The molecule has 18 heavy (non-hydrogen) atoms. The number of imidazole rings is 1. The van der Waals surface area contributed by atoms with E-state index in [0.29, 0.717) is 6.54 Å². The molecule has 102 valence electrons. The van der Waals surface area contributed by atoms with E-state index in [2.05, 4.69) is 9.55 Å². The van der Waals surface area contributed by atoms with Crippen LogP contribution in [0.15, 0.2) is 12.4 Å². The highest BCUT2D eigenvalue weighted by atomic mass is 16.6. The molecule has 5 heteroatoms. The molecule has 0 aliphatic heterocycles. The molecule has 0 fully saturated rings. The van der Waals surface area contributed by atoms with Crippen LogP contribution in [0.2, 0.25) is 0 Å². The van der Waals surface area contributed by atoms with Gasteiger partial charge in [0.1, 0.15) is 11.4 Å². The summed E-state index contributed by atoms with van der Waals surface area (Å²) in [7, 11) is 1.76. The molecule has 1 aromatic heterocycles. The molecular formula is C13H23N3O2. The quantitative estimate of drug-likeness (QED) is 0.828. The highest BCUT2D eigenvalue weighted by Crippen LogP contribution is 2.09. The first kappa shape index (κ1) is 14.5. The average Bonchev–Trinajstić information content (AvgIpc) is 2.62. The van der Waals surface area contributed by atoms with Crippen molar-refractivity contribution in [3.05, 3.63) is 18.2 Å². The van der Waals surface area contributed by atoms with Crippen LogP contribution in [-0.2, 0) is 11.3 Å². The Kier molecular flexibility index (Phi) is 4.76. The lowest BCUT2D eigenvalue weighted by molar-refractivity contribution is 0.0295. The van der Waals surface area contributed by atoms with Crippen LogP contribution >= 0.6 is 0 Å². The Morgan fingerprint density at radius 2 is 2.17 bits per heavy atom. The molecule has 1 aromatic rings. The summed E-state index contributed by atoms with van der Waals surface area (Å²) in [6, 6.07) is 0. The summed E-state index contributed by atoms with van der Waals surface area (Å²) in [4.78, 5) is 17.5. The normalized spacial score (nSPS) is 11.4. The lowest BCUT2D eigenvalue weighted by atomic mass is 10.2. The van der Waals surface area contributed by atoms with Crippen LogP contribution in [-0.4, -0.2) is 39.7 Å². The van der Waals surface area contributed by atoms with Crippen molar-refractivity contribution < 1.29 is 9.53 Å². The Balaban J connectivity index is 2.31. The highest BCUT2D eigenvalue weighted by molar-refractivity contribution is 5.67. The average molecular weight is 253 g/mol. The second kappa shape index (κ2) is 5.89. The first-order valence-corrected chi connectivity index (χ1v) is 6.21. The molecule has 0 aromatic carbocycles. The predicted molar refractivity (Wildman–Crippen MR) is 70.4 cm³/mol. The molecule has 0 saturated carbocycles. The zero-order valence-electron chi connectivity index (χ0n) is 11.9. The topological polar surface area (TPSA) is 47.4 Å². The Labute approximate surface area is 109 Å². The summed E-state index contributed by atoms with van der Waals surface area (Å²) in [6.45, 7) is 9.11. The van der Waals surface area contributed by atoms with Crippen molar-refractivity contribution in [3.8, 4) is 0 Å².